The van der Waals surface area contributed by atoms with E-state index in [1.54, 1.807) is 42.5 Å². The lowest BCUT2D eigenvalue weighted by Crippen LogP contribution is -2.56. The summed E-state index contributed by atoms with van der Waals surface area (Å²) in [5.41, 5.74) is 2.67. The first-order valence-corrected chi connectivity index (χ1v) is 14.7. The summed E-state index contributed by atoms with van der Waals surface area (Å²) in [6, 6.07) is 29.5. The Bertz CT molecular complexity index is 1560. The van der Waals surface area contributed by atoms with Crippen LogP contribution in [-0.2, 0) is 16.2 Å². The van der Waals surface area contributed by atoms with Gasteiger partial charge in [0.25, 0.3) is 11.8 Å². The molecule has 4 aromatic carbocycles. The van der Waals surface area contributed by atoms with Crippen LogP contribution in [0.5, 0.6) is 11.5 Å². The molecular formula is C32H24Br2N2O4S. The van der Waals surface area contributed by atoms with Crippen LogP contribution >= 0.6 is 44.1 Å². The number of anilines is 2. The Morgan fingerprint density at radius 3 is 1.88 bits per heavy atom. The van der Waals surface area contributed by atoms with E-state index in [0.717, 1.165) is 10.0 Å². The van der Waals surface area contributed by atoms with Crippen LogP contribution in [-0.4, -0.2) is 23.5 Å². The molecule has 0 radical (unpaired) electrons. The first-order valence-electron chi connectivity index (χ1n) is 12.8. The second kappa shape index (κ2) is 12.8. The largest absolute Gasteiger partial charge is 0.490 e. The first kappa shape index (κ1) is 28.7. The zero-order chi connectivity index (χ0) is 28.9. The van der Waals surface area contributed by atoms with Crippen molar-refractivity contribution < 1.29 is 19.1 Å². The molecule has 0 saturated carbocycles. The number of benzene rings is 4. The maximum Gasteiger partial charge on any atom is 0.270 e. The predicted octanol–water partition coefficient (Wildman–Crippen LogP) is 7.94. The van der Waals surface area contributed by atoms with Gasteiger partial charge in [0, 0.05) is 4.47 Å². The molecule has 0 unspecified atom stereocenters. The van der Waals surface area contributed by atoms with Gasteiger partial charge in [-0.15, -0.1) is 0 Å². The number of thiocarbonyl (C=S) groups is 1. The minimum atomic E-state index is -0.511. The van der Waals surface area contributed by atoms with Crippen molar-refractivity contribution in [1.82, 2.24) is 0 Å². The maximum absolute atomic E-state index is 13.8. The van der Waals surface area contributed by atoms with Crippen molar-refractivity contribution in [1.29, 1.82) is 0 Å². The van der Waals surface area contributed by atoms with E-state index in [9.17, 15) is 9.59 Å². The maximum atomic E-state index is 13.8. The first-order chi connectivity index (χ1) is 19.9. The van der Waals surface area contributed by atoms with Gasteiger partial charge in [0.05, 0.1) is 22.5 Å². The van der Waals surface area contributed by atoms with Crippen molar-refractivity contribution in [2.24, 2.45) is 0 Å². The summed E-state index contributed by atoms with van der Waals surface area (Å²) in [6.45, 7) is 2.61. The van der Waals surface area contributed by atoms with E-state index in [2.05, 4.69) is 31.9 Å². The monoisotopic (exact) mass is 690 g/mol. The van der Waals surface area contributed by atoms with Gasteiger partial charge in [0.1, 0.15) is 12.2 Å². The highest BCUT2D eigenvalue weighted by Gasteiger charge is 2.41. The van der Waals surface area contributed by atoms with E-state index in [-0.39, 0.29) is 10.7 Å². The van der Waals surface area contributed by atoms with Gasteiger partial charge in [0.15, 0.2) is 16.6 Å². The Kier molecular flexibility index (Phi) is 8.97. The zero-order valence-corrected chi connectivity index (χ0v) is 25.9. The second-order valence-corrected chi connectivity index (χ2v) is 11.1. The molecule has 206 valence electrons. The van der Waals surface area contributed by atoms with E-state index in [0.29, 0.717) is 46.1 Å². The summed E-state index contributed by atoms with van der Waals surface area (Å²) in [5, 5.41) is 0.0856. The molecule has 1 aliphatic heterocycles. The number of carbonyl (C=O) groups excluding carboxylic acids is 2. The van der Waals surface area contributed by atoms with E-state index in [1.807, 2.05) is 67.6 Å². The number of hydrogen-bond acceptors (Lipinski definition) is 5. The van der Waals surface area contributed by atoms with Gasteiger partial charge >= 0.3 is 0 Å². The molecule has 0 aliphatic carbocycles. The predicted molar refractivity (Wildman–Crippen MR) is 172 cm³/mol. The smallest absolute Gasteiger partial charge is 0.270 e. The fraction of sp³-hybridized carbons (Fsp3) is 0.0938. The number of ether oxygens (including phenoxy) is 2. The van der Waals surface area contributed by atoms with Crippen molar-refractivity contribution in [2.75, 3.05) is 16.4 Å². The quantitative estimate of drug-likeness (QED) is 0.107. The van der Waals surface area contributed by atoms with Crippen LogP contribution in [0.15, 0.2) is 112 Å². The Hall–Kier alpha value is -3.79. The highest BCUT2D eigenvalue weighted by molar-refractivity contribution is 9.10. The summed E-state index contributed by atoms with van der Waals surface area (Å²) in [5.74, 6) is -0.0147. The van der Waals surface area contributed by atoms with Crippen molar-refractivity contribution in [2.45, 2.75) is 13.5 Å². The van der Waals surface area contributed by atoms with Crippen LogP contribution in [0.2, 0.25) is 0 Å². The van der Waals surface area contributed by atoms with Crippen LogP contribution in [0.25, 0.3) is 6.08 Å². The molecule has 6 nitrogen and oxygen atoms in total. The second-order valence-electron chi connectivity index (χ2n) is 8.97. The van der Waals surface area contributed by atoms with Crippen LogP contribution in [0.1, 0.15) is 18.1 Å². The average Bonchev–Trinajstić information content (AvgIpc) is 2.97. The van der Waals surface area contributed by atoms with Crippen molar-refractivity contribution in [3.05, 3.63) is 123 Å². The fourth-order valence-corrected chi connectivity index (χ4v) is 5.53. The molecule has 0 aromatic heterocycles. The average molecular weight is 692 g/mol. The number of halogens is 2. The Morgan fingerprint density at radius 1 is 0.780 bits per heavy atom. The number of nitrogens with zero attached hydrogens (tertiary/aromatic N) is 2. The number of hydrogen-bond donors (Lipinski definition) is 0. The standard InChI is InChI=1S/C32H24Br2N2O4S/c1-2-39-28-19-22(18-27(34)29(28)40-20-21-13-15-23(33)16-14-21)17-26-30(37)35(24-9-5-3-6-10-24)32(41)36(31(26)38)25-11-7-4-8-12-25/h3-19H,2,20H2,1H3. The molecule has 9 heteroatoms. The van der Waals surface area contributed by atoms with Crippen molar-refractivity contribution in [3.63, 3.8) is 0 Å². The molecule has 1 aliphatic rings. The van der Waals surface area contributed by atoms with Gasteiger partial charge < -0.3 is 9.47 Å². The number of para-hydroxylation sites is 2. The third-order valence-corrected chi connectivity index (χ3v) is 7.70. The Balaban J connectivity index is 1.55. The highest BCUT2D eigenvalue weighted by Crippen LogP contribution is 2.39. The molecule has 0 N–H and O–H groups in total. The molecule has 1 fully saturated rings. The highest BCUT2D eigenvalue weighted by atomic mass is 79.9. The summed E-state index contributed by atoms with van der Waals surface area (Å²) in [4.78, 5) is 30.4. The van der Waals surface area contributed by atoms with Gasteiger partial charge in [-0.2, -0.15) is 0 Å². The van der Waals surface area contributed by atoms with Gasteiger partial charge in [-0.05, 0) is 101 Å². The minimum absolute atomic E-state index is 0.0378. The van der Waals surface area contributed by atoms with E-state index in [1.165, 1.54) is 9.80 Å². The normalized spacial score (nSPS) is 13.4. The third kappa shape index (κ3) is 6.27. The lowest BCUT2D eigenvalue weighted by molar-refractivity contribution is -0.120. The molecule has 0 bridgehead atoms. The van der Waals surface area contributed by atoms with E-state index in [4.69, 9.17) is 21.7 Å². The van der Waals surface area contributed by atoms with Crippen LogP contribution < -0.4 is 19.3 Å². The van der Waals surface area contributed by atoms with E-state index >= 15 is 0 Å². The van der Waals surface area contributed by atoms with Gasteiger partial charge in [-0.25, -0.2) is 0 Å². The number of amides is 2. The summed E-state index contributed by atoms with van der Waals surface area (Å²) in [7, 11) is 0. The Morgan fingerprint density at radius 2 is 1.34 bits per heavy atom. The topological polar surface area (TPSA) is 59.1 Å². The van der Waals surface area contributed by atoms with Gasteiger partial charge in [0.2, 0.25) is 0 Å². The van der Waals surface area contributed by atoms with Gasteiger partial charge in [-0.1, -0.05) is 64.5 Å². The van der Waals surface area contributed by atoms with E-state index < -0.39 is 11.8 Å². The van der Waals surface area contributed by atoms with Crippen LogP contribution in [0.3, 0.4) is 0 Å². The molecule has 2 amide bonds. The Labute approximate surface area is 260 Å². The van der Waals surface area contributed by atoms with Crippen LogP contribution in [0, 0.1) is 0 Å². The molecule has 1 saturated heterocycles. The number of rotatable bonds is 8. The minimum Gasteiger partial charge on any atom is -0.490 e. The summed E-state index contributed by atoms with van der Waals surface area (Å²) >= 11 is 12.7. The fourth-order valence-electron chi connectivity index (χ4n) is 4.32. The molecule has 4 aromatic rings. The van der Waals surface area contributed by atoms with Crippen molar-refractivity contribution >= 4 is 78.5 Å². The third-order valence-electron chi connectivity index (χ3n) is 6.22. The molecule has 1 heterocycles. The van der Waals surface area contributed by atoms with Crippen molar-refractivity contribution in [3.8, 4) is 11.5 Å². The zero-order valence-electron chi connectivity index (χ0n) is 21.9. The van der Waals surface area contributed by atoms with Crippen LogP contribution in [0.4, 0.5) is 11.4 Å². The lowest BCUT2D eigenvalue weighted by atomic mass is 10.0. The molecule has 5 rings (SSSR count). The molecule has 41 heavy (non-hydrogen) atoms. The summed E-state index contributed by atoms with van der Waals surface area (Å²) < 4.78 is 13.6. The molecule has 0 atom stereocenters. The molecular weight excluding hydrogens is 668 g/mol. The molecule has 0 spiro atoms. The summed E-state index contributed by atoms with van der Waals surface area (Å²) in [6.07, 6.45) is 1.56. The van der Waals surface area contributed by atoms with Gasteiger partial charge in [-0.3, -0.25) is 19.4 Å². The SMILES string of the molecule is CCOc1cc(C=C2C(=O)N(c3ccccc3)C(=S)N(c3ccccc3)C2=O)cc(Br)c1OCc1ccc(Br)cc1. The lowest BCUT2D eigenvalue weighted by Gasteiger charge is -2.36. The number of carbonyl (C=O) groups is 2.